The van der Waals surface area contributed by atoms with Crippen LogP contribution in [0.15, 0.2) is 28.2 Å². The van der Waals surface area contributed by atoms with Gasteiger partial charge in [-0.05, 0) is 6.42 Å². The van der Waals surface area contributed by atoms with E-state index in [4.69, 9.17) is 0 Å². The number of rotatable bonds is 2. The molecular weight excluding hydrogens is 232 g/mol. The van der Waals surface area contributed by atoms with Crippen molar-refractivity contribution in [2.75, 3.05) is 13.1 Å². The second kappa shape index (κ2) is 4.00. The first-order valence-corrected chi connectivity index (χ1v) is 6.31. The van der Waals surface area contributed by atoms with Crippen LogP contribution in [-0.2, 0) is 10.0 Å². The molecule has 0 saturated carbocycles. The van der Waals surface area contributed by atoms with E-state index in [1.165, 1.54) is 18.5 Å². The number of aromatic nitrogens is 1. The van der Waals surface area contributed by atoms with E-state index in [2.05, 4.69) is 4.98 Å². The summed E-state index contributed by atoms with van der Waals surface area (Å²) in [5.41, 5.74) is -0.542. The predicted molar refractivity (Wildman–Crippen MR) is 56.4 cm³/mol. The summed E-state index contributed by atoms with van der Waals surface area (Å²) >= 11 is 0. The van der Waals surface area contributed by atoms with Gasteiger partial charge in [0, 0.05) is 31.5 Å². The van der Waals surface area contributed by atoms with Crippen LogP contribution >= 0.6 is 0 Å². The second-order valence-corrected chi connectivity index (χ2v) is 5.58. The van der Waals surface area contributed by atoms with Crippen LogP contribution in [0.2, 0.25) is 0 Å². The summed E-state index contributed by atoms with van der Waals surface area (Å²) in [6, 6.07) is 1.17. The van der Waals surface area contributed by atoms with Crippen molar-refractivity contribution >= 4 is 10.0 Å². The molecule has 0 amide bonds. The zero-order valence-electron chi connectivity index (χ0n) is 8.46. The average molecular weight is 244 g/mol. The van der Waals surface area contributed by atoms with Crippen molar-refractivity contribution in [3.8, 4) is 0 Å². The zero-order valence-corrected chi connectivity index (χ0v) is 9.27. The molecule has 1 aromatic heterocycles. The molecule has 1 atom stereocenters. The van der Waals surface area contributed by atoms with Crippen LogP contribution in [0.1, 0.15) is 6.42 Å². The maximum atomic E-state index is 12.0. The number of sulfonamides is 1. The molecule has 2 heterocycles. The van der Waals surface area contributed by atoms with Crippen molar-refractivity contribution in [3.63, 3.8) is 0 Å². The number of H-pyrrole nitrogens is 1. The molecule has 0 unspecified atom stereocenters. The van der Waals surface area contributed by atoms with Crippen LogP contribution in [-0.4, -0.2) is 42.0 Å². The van der Waals surface area contributed by atoms with Gasteiger partial charge >= 0.3 is 0 Å². The lowest BCUT2D eigenvalue weighted by Crippen LogP contribution is -2.32. The van der Waals surface area contributed by atoms with Gasteiger partial charge in [-0.25, -0.2) is 8.42 Å². The molecule has 0 aromatic carbocycles. The molecular formula is C9H12N2O4S. The molecule has 1 aliphatic rings. The Morgan fingerprint density at radius 1 is 1.50 bits per heavy atom. The Labute approximate surface area is 92.6 Å². The quantitative estimate of drug-likeness (QED) is 0.707. The summed E-state index contributed by atoms with van der Waals surface area (Å²) in [5, 5.41) is 9.29. The summed E-state index contributed by atoms with van der Waals surface area (Å²) in [5.74, 6) is 0. The number of aliphatic hydroxyl groups excluding tert-OH is 1. The van der Waals surface area contributed by atoms with E-state index in [9.17, 15) is 18.3 Å². The van der Waals surface area contributed by atoms with Crippen LogP contribution in [0.25, 0.3) is 0 Å². The van der Waals surface area contributed by atoms with E-state index in [0.717, 1.165) is 4.31 Å². The normalized spacial score (nSPS) is 22.4. The van der Waals surface area contributed by atoms with E-state index in [1.807, 2.05) is 0 Å². The second-order valence-electron chi connectivity index (χ2n) is 3.68. The van der Waals surface area contributed by atoms with Gasteiger partial charge in [-0.1, -0.05) is 0 Å². The number of hydrogen-bond acceptors (Lipinski definition) is 4. The highest BCUT2D eigenvalue weighted by atomic mass is 32.2. The molecule has 1 saturated heterocycles. The Morgan fingerprint density at radius 2 is 2.25 bits per heavy atom. The van der Waals surface area contributed by atoms with E-state index in [-0.39, 0.29) is 18.0 Å². The summed E-state index contributed by atoms with van der Waals surface area (Å²) in [6.07, 6.45) is 2.31. The first-order valence-electron chi connectivity index (χ1n) is 4.87. The monoisotopic (exact) mass is 244 g/mol. The van der Waals surface area contributed by atoms with Gasteiger partial charge in [0.1, 0.15) is 4.90 Å². The predicted octanol–water partition coefficient (Wildman–Crippen LogP) is -0.870. The summed E-state index contributed by atoms with van der Waals surface area (Å²) in [4.78, 5) is 13.7. The van der Waals surface area contributed by atoms with Crippen LogP contribution in [0.4, 0.5) is 0 Å². The van der Waals surface area contributed by atoms with E-state index >= 15 is 0 Å². The highest BCUT2D eigenvalue weighted by Crippen LogP contribution is 2.17. The minimum atomic E-state index is -3.77. The lowest BCUT2D eigenvalue weighted by Gasteiger charge is -2.14. The maximum absolute atomic E-state index is 12.0. The molecule has 0 radical (unpaired) electrons. The molecule has 16 heavy (non-hydrogen) atoms. The molecule has 2 rings (SSSR count). The van der Waals surface area contributed by atoms with Crippen molar-refractivity contribution in [1.82, 2.24) is 9.29 Å². The highest BCUT2D eigenvalue weighted by Gasteiger charge is 2.32. The van der Waals surface area contributed by atoms with Gasteiger partial charge < -0.3 is 10.1 Å². The van der Waals surface area contributed by atoms with E-state index in [1.54, 1.807) is 0 Å². The van der Waals surface area contributed by atoms with Gasteiger partial charge in [0.25, 0.3) is 0 Å². The molecule has 88 valence electrons. The molecule has 7 heteroatoms. The van der Waals surface area contributed by atoms with Gasteiger partial charge in [0.2, 0.25) is 15.5 Å². The zero-order chi connectivity index (χ0) is 11.8. The molecule has 6 nitrogen and oxygen atoms in total. The summed E-state index contributed by atoms with van der Waals surface area (Å²) in [6.45, 7) is 0.300. The number of hydrogen-bond donors (Lipinski definition) is 2. The molecule has 1 aromatic rings. The third-order valence-electron chi connectivity index (χ3n) is 2.53. The molecule has 1 fully saturated rings. The number of β-amino-alcohol motifs (C(OH)–C–C–N with tert-alkyl or cyclic N) is 1. The highest BCUT2D eigenvalue weighted by molar-refractivity contribution is 7.89. The Morgan fingerprint density at radius 3 is 2.81 bits per heavy atom. The Balaban J connectivity index is 2.40. The summed E-state index contributed by atoms with van der Waals surface area (Å²) in [7, 11) is -3.77. The van der Waals surface area contributed by atoms with Crippen LogP contribution in [0.3, 0.4) is 0 Å². The van der Waals surface area contributed by atoms with Crippen molar-refractivity contribution in [2.24, 2.45) is 0 Å². The lowest BCUT2D eigenvalue weighted by atomic mass is 10.3. The first-order chi connectivity index (χ1) is 7.51. The van der Waals surface area contributed by atoms with Crippen molar-refractivity contribution in [2.45, 2.75) is 17.4 Å². The standard InChI is InChI=1S/C9H12N2O4S/c12-7-2-4-11(6-7)16(14,15)9-5-10-3-1-8(9)13/h1,3,5,7,12H,2,4,6H2,(H,10,13)/t7-/m0/s1. The Hall–Kier alpha value is -1.18. The fourth-order valence-corrected chi connectivity index (χ4v) is 3.20. The molecule has 1 aliphatic heterocycles. The molecule has 2 N–H and O–H groups in total. The molecule has 0 aliphatic carbocycles. The summed E-state index contributed by atoms with van der Waals surface area (Å²) < 4.78 is 25.1. The van der Waals surface area contributed by atoms with Gasteiger partial charge in [-0.15, -0.1) is 0 Å². The number of aromatic amines is 1. The average Bonchev–Trinajstić information content (AvgIpc) is 2.66. The molecule has 0 bridgehead atoms. The topological polar surface area (TPSA) is 90.5 Å². The fraction of sp³-hybridized carbons (Fsp3) is 0.444. The minimum absolute atomic E-state index is 0.0522. The van der Waals surface area contributed by atoms with Crippen LogP contribution in [0, 0.1) is 0 Å². The minimum Gasteiger partial charge on any atom is -0.392 e. The van der Waals surface area contributed by atoms with Crippen LogP contribution in [0.5, 0.6) is 0 Å². The van der Waals surface area contributed by atoms with Crippen molar-refractivity contribution < 1.29 is 13.5 Å². The van der Waals surface area contributed by atoms with Gasteiger partial charge in [0.15, 0.2) is 0 Å². The SMILES string of the molecule is O=c1cc[nH]cc1S(=O)(=O)N1CC[C@H](O)C1. The number of nitrogens with zero attached hydrogens (tertiary/aromatic N) is 1. The van der Waals surface area contributed by atoms with Crippen LogP contribution < -0.4 is 5.43 Å². The first kappa shape index (κ1) is 11.3. The largest absolute Gasteiger partial charge is 0.392 e. The fourth-order valence-electron chi connectivity index (χ4n) is 1.67. The van der Waals surface area contributed by atoms with Crippen molar-refractivity contribution in [1.29, 1.82) is 0 Å². The smallest absolute Gasteiger partial charge is 0.248 e. The molecule has 0 spiro atoms. The maximum Gasteiger partial charge on any atom is 0.248 e. The number of aliphatic hydroxyl groups is 1. The van der Waals surface area contributed by atoms with Gasteiger partial charge in [-0.3, -0.25) is 4.79 Å². The third kappa shape index (κ3) is 1.89. The van der Waals surface area contributed by atoms with Crippen molar-refractivity contribution in [3.05, 3.63) is 28.7 Å². The lowest BCUT2D eigenvalue weighted by molar-refractivity contribution is 0.189. The Kier molecular flexibility index (Phi) is 2.83. The van der Waals surface area contributed by atoms with E-state index in [0.29, 0.717) is 6.42 Å². The third-order valence-corrected chi connectivity index (χ3v) is 4.42. The number of pyridine rings is 1. The van der Waals surface area contributed by atoms with E-state index < -0.39 is 21.6 Å². The van der Waals surface area contributed by atoms with Gasteiger partial charge in [-0.2, -0.15) is 4.31 Å². The Bertz CT molecular complexity index is 536. The van der Waals surface area contributed by atoms with Gasteiger partial charge in [0.05, 0.1) is 6.10 Å². The number of nitrogens with one attached hydrogen (secondary N) is 1.